The third kappa shape index (κ3) is 5.38. The van der Waals surface area contributed by atoms with Crippen molar-refractivity contribution in [1.29, 1.82) is 0 Å². The maximum absolute atomic E-state index is 3.59. The Labute approximate surface area is 118 Å². The molecule has 2 fully saturated rings. The van der Waals surface area contributed by atoms with E-state index in [0.29, 0.717) is 12.1 Å². The largest absolute Gasteiger partial charge is 0.314 e. The molecular formula is C15H32N4. The van der Waals surface area contributed by atoms with E-state index in [2.05, 4.69) is 34.3 Å². The van der Waals surface area contributed by atoms with Gasteiger partial charge in [0.05, 0.1) is 0 Å². The van der Waals surface area contributed by atoms with Crippen LogP contribution < -0.4 is 10.6 Å². The molecule has 19 heavy (non-hydrogen) atoms. The zero-order valence-corrected chi connectivity index (χ0v) is 12.8. The molecule has 0 spiro atoms. The van der Waals surface area contributed by atoms with Crippen molar-refractivity contribution in [3.63, 3.8) is 0 Å². The van der Waals surface area contributed by atoms with Gasteiger partial charge in [0.25, 0.3) is 0 Å². The van der Waals surface area contributed by atoms with Crippen LogP contribution in [0.5, 0.6) is 0 Å². The lowest BCUT2D eigenvalue weighted by Crippen LogP contribution is -2.49. The monoisotopic (exact) mass is 268 g/mol. The molecule has 0 aromatic carbocycles. The highest BCUT2D eigenvalue weighted by Gasteiger charge is 2.18. The van der Waals surface area contributed by atoms with E-state index in [0.717, 1.165) is 19.6 Å². The van der Waals surface area contributed by atoms with Gasteiger partial charge in [0.2, 0.25) is 0 Å². The standard InChI is InChI=1S/C15H32N4/c1-14(2)19-11-9-18(10-12-19)8-4-3-5-15-13-16-6-7-17-15/h14-17H,3-13H2,1-2H3. The summed E-state index contributed by atoms with van der Waals surface area (Å²) in [5.41, 5.74) is 0. The van der Waals surface area contributed by atoms with Crippen molar-refractivity contribution in [3.8, 4) is 0 Å². The second-order valence-corrected chi connectivity index (χ2v) is 6.32. The maximum atomic E-state index is 3.59. The Balaban J connectivity index is 1.49. The maximum Gasteiger partial charge on any atom is 0.0193 e. The molecule has 2 rings (SSSR count). The highest BCUT2D eigenvalue weighted by Crippen LogP contribution is 2.08. The van der Waals surface area contributed by atoms with Crippen LogP contribution in [0.4, 0.5) is 0 Å². The number of piperazine rings is 2. The van der Waals surface area contributed by atoms with Gasteiger partial charge in [0.1, 0.15) is 0 Å². The van der Waals surface area contributed by atoms with Crippen LogP contribution >= 0.6 is 0 Å². The molecule has 2 heterocycles. The molecule has 2 N–H and O–H groups in total. The van der Waals surface area contributed by atoms with Crippen LogP contribution in [0.15, 0.2) is 0 Å². The summed E-state index contributed by atoms with van der Waals surface area (Å²) in [5, 5.41) is 7.06. The van der Waals surface area contributed by atoms with Crippen molar-refractivity contribution in [2.24, 2.45) is 0 Å². The molecule has 0 aliphatic carbocycles. The first kappa shape index (κ1) is 15.2. The van der Waals surface area contributed by atoms with Crippen molar-refractivity contribution in [2.75, 3.05) is 52.4 Å². The second kappa shape index (κ2) is 8.20. The molecule has 0 amide bonds. The van der Waals surface area contributed by atoms with Crippen LogP contribution in [-0.4, -0.2) is 74.2 Å². The average Bonchev–Trinajstić information content (AvgIpc) is 2.45. The SMILES string of the molecule is CC(C)N1CCN(CCCCC2CNCCN2)CC1. The van der Waals surface area contributed by atoms with Crippen LogP contribution in [0.25, 0.3) is 0 Å². The number of hydrogen-bond donors (Lipinski definition) is 2. The van der Waals surface area contributed by atoms with E-state index in [9.17, 15) is 0 Å². The topological polar surface area (TPSA) is 30.5 Å². The first-order valence-corrected chi connectivity index (χ1v) is 8.16. The quantitative estimate of drug-likeness (QED) is 0.696. The number of nitrogens with one attached hydrogen (secondary N) is 2. The van der Waals surface area contributed by atoms with E-state index >= 15 is 0 Å². The van der Waals surface area contributed by atoms with Gasteiger partial charge in [0.15, 0.2) is 0 Å². The molecule has 2 aliphatic heterocycles. The van der Waals surface area contributed by atoms with Gasteiger partial charge in [-0.2, -0.15) is 0 Å². The molecule has 0 bridgehead atoms. The molecule has 2 saturated heterocycles. The van der Waals surface area contributed by atoms with Gasteiger partial charge >= 0.3 is 0 Å². The summed E-state index contributed by atoms with van der Waals surface area (Å²) in [6.07, 6.45) is 4.06. The van der Waals surface area contributed by atoms with Crippen molar-refractivity contribution in [1.82, 2.24) is 20.4 Å². The van der Waals surface area contributed by atoms with Crippen molar-refractivity contribution >= 4 is 0 Å². The Morgan fingerprint density at radius 3 is 2.47 bits per heavy atom. The smallest absolute Gasteiger partial charge is 0.0193 e. The third-order valence-electron chi connectivity index (χ3n) is 4.54. The first-order valence-electron chi connectivity index (χ1n) is 8.16. The molecule has 2 aliphatic rings. The fourth-order valence-electron chi connectivity index (χ4n) is 3.15. The lowest BCUT2D eigenvalue weighted by molar-refractivity contribution is 0.107. The Kier molecular flexibility index (Phi) is 6.57. The predicted octanol–water partition coefficient (Wildman–Crippen LogP) is 0.744. The lowest BCUT2D eigenvalue weighted by atomic mass is 10.1. The van der Waals surface area contributed by atoms with Gasteiger partial charge in [-0.15, -0.1) is 0 Å². The fraction of sp³-hybridized carbons (Fsp3) is 1.00. The van der Waals surface area contributed by atoms with E-state index < -0.39 is 0 Å². The average molecular weight is 268 g/mol. The number of nitrogens with zero attached hydrogens (tertiary/aromatic N) is 2. The summed E-state index contributed by atoms with van der Waals surface area (Å²) in [7, 11) is 0. The van der Waals surface area contributed by atoms with E-state index in [4.69, 9.17) is 0 Å². The van der Waals surface area contributed by atoms with E-state index in [1.54, 1.807) is 0 Å². The third-order valence-corrected chi connectivity index (χ3v) is 4.54. The zero-order chi connectivity index (χ0) is 13.5. The van der Waals surface area contributed by atoms with Crippen LogP contribution in [0.3, 0.4) is 0 Å². The molecule has 0 saturated carbocycles. The zero-order valence-electron chi connectivity index (χ0n) is 12.8. The fourth-order valence-corrected chi connectivity index (χ4v) is 3.15. The van der Waals surface area contributed by atoms with Crippen LogP contribution in [0.2, 0.25) is 0 Å². The van der Waals surface area contributed by atoms with Gasteiger partial charge in [-0.1, -0.05) is 6.42 Å². The molecule has 0 radical (unpaired) electrons. The van der Waals surface area contributed by atoms with Crippen molar-refractivity contribution in [2.45, 2.75) is 45.2 Å². The number of hydrogen-bond acceptors (Lipinski definition) is 4. The molecule has 0 aromatic rings. The molecule has 0 aromatic heterocycles. The second-order valence-electron chi connectivity index (χ2n) is 6.32. The van der Waals surface area contributed by atoms with Gasteiger partial charge in [-0.05, 0) is 33.2 Å². The van der Waals surface area contributed by atoms with Gasteiger partial charge in [-0.25, -0.2) is 0 Å². The first-order chi connectivity index (χ1) is 9.25. The van der Waals surface area contributed by atoms with Gasteiger partial charge in [-0.3, -0.25) is 4.90 Å². The minimum Gasteiger partial charge on any atom is -0.314 e. The van der Waals surface area contributed by atoms with Crippen molar-refractivity contribution in [3.05, 3.63) is 0 Å². The Hall–Kier alpha value is -0.160. The molecule has 4 nitrogen and oxygen atoms in total. The summed E-state index contributed by atoms with van der Waals surface area (Å²) >= 11 is 0. The molecule has 4 heteroatoms. The molecular weight excluding hydrogens is 236 g/mol. The Bertz CT molecular complexity index is 230. The minimum atomic E-state index is 0.714. The number of unbranched alkanes of at least 4 members (excludes halogenated alkanes) is 1. The molecule has 1 atom stereocenters. The minimum absolute atomic E-state index is 0.714. The van der Waals surface area contributed by atoms with Crippen molar-refractivity contribution < 1.29 is 0 Å². The summed E-state index contributed by atoms with van der Waals surface area (Å²) in [5.74, 6) is 0. The Morgan fingerprint density at radius 2 is 1.84 bits per heavy atom. The van der Waals surface area contributed by atoms with Crippen LogP contribution in [-0.2, 0) is 0 Å². The summed E-state index contributed by atoms with van der Waals surface area (Å²) in [6.45, 7) is 14.4. The van der Waals surface area contributed by atoms with Crippen LogP contribution in [0.1, 0.15) is 33.1 Å². The van der Waals surface area contributed by atoms with Gasteiger partial charge in [0, 0.05) is 57.9 Å². The lowest BCUT2D eigenvalue weighted by Gasteiger charge is -2.37. The normalized spacial score (nSPS) is 27.0. The summed E-state index contributed by atoms with van der Waals surface area (Å²) in [4.78, 5) is 5.24. The highest BCUT2D eigenvalue weighted by molar-refractivity contribution is 4.76. The number of rotatable bonds is 6. The van der Waals surface area contributed by atoms with Crippen LogP contribution in [0, 0.1) is 0 Å². The van der Waals surface area contributed by atoms with E-state index in [-0.39, 0.29) is 0 Å². The molecule has 1 unspecified atom stereocenters. The Morgan fingerprint density at radius 1 is 1.05 bits per heavy atom. The molecule has 112 valence electrons. The summed E-state index contributed by atoms with van der Waals surface area (Å²) in [6, 6.07) is 1.43. The van der Waals surface area contributed by atoms with E-state index in [1.165, 1.54) is 52.0 Å². The predicted molar refractivity (Wildman–Crippen MR) is 81.7 cm³/mol. The highest BCUT2D eigenvalue weighted by atomic mass is 15.3. The summed E-state index contributed by atoms with van der Waals surface area (Å²) < 4.78 is 0. The van der Waals surface area contributed by atoms with E-state index in [1.807, 2.05) is 0 Å². The van der Waals surface area contributed by atoms with Gasteiger partial charge < -0.3 is 15.5 Å².